The molecule has 1 aliphatic rings. The van der Waals surface area contributed by atoms with Crippen molar-refractivity contribution in [2.75, 3.05) is 13.1 Å². The number of halogens is 1. The van der Waals surface area contributed by atoms with Crippen LogP contribution in [0.15, 0.2) is 4.79 Å². The molecular formula is C18H27ClN4O2S. The fourth-order valence-electron chi connectivity index (χ4n) is 3.48. The highest BCUT2D eigenvalue weighted by Crippen LogP contribution is 2.26. The molecule has 2 aromatic rings. The summed E-state index contributed by atoms with van der Waals surface area (Å²) in [6, 6.07) is 0.191. The molecule has 2 aromatic heterocycles. The fourth-order valence-corrected chi connectivity index (χ4v) is 4.52. The largest absolute Gasteiger partial charge is 0.343 e. The molecule has 8 heteroatoms. The number of H-pyrrole nitrogens is 1. The van der Waals surface area contributed by atoms with Crippen molar-refractivity contribution in [1.29, 1.82) is 0 Å². The molecule has 1 unspecified atom stereocenters. The van der Waals surface area contributed by atoms with E-state index >= 15 is 0 Å². The molecule has 144 valence electrons. The quantitative estimate of drug-likeness (QED) is 0.827. The number of nitrogens with zero attached hydrogens (tertiary/aromatic N) is 2. The fraction of sp³-hybridized carbons (Fsp3) is 0.611. The summed E-state index contributed by atoms with van der Waals surface area (Å²) in [5, 5.41) is 0.676. The van der Waals surface area contributed by atoms with Crippen molar-refractivity contribution in [2.24, 2.45) is 11.7 Å². The average molecular weight is 399 g/mol. The minimum Gasteiger partial charge on any atom is -0.343 e. The van der Waals surface area contributed by atoms with Crippen molar-refractivity contribution in [3.8, 4) is 0 Å². The van der Waals surface area contributed by atoms with Crippen LogP contribution in [0.5, 0.6) is 0 Å². The molecule has 6 nitrogen and oxygen atoms in total. The van der Waals surface area contributed by atoms with Crippen molar-refractivity contribution >= 4 is 39.9 Å². The Bertz CT molecular complexity index is 838. The summed E-state index contributed by atoms with van der Waals surface area (Å²) in [5.74, 6) is 1.23. The number of nitrogens with one attached hydrogen (secondary N) is 1. The summed E-state index contributed by atoms with van der Waals surface area (Å²) in [7, 11) is 0. The van der Waals surface area contributed by atoms with Crippen molar-refractivity contribution in [2.45, 2.75) is 52.5 Å². The Kier molecular flexibility index (Phi) is 6.82. The van der Waals surface area contributed by atoms with Gasteiger partial charge in [0.05, 0.1) is 5.39 Å². The Hall–Kier alpha value is -1.44. The standard InChI is InChI=1S/C18H26N4O2S.ClH/c1-10-12(3)25-18-16(10)17(24)20-14(21-18)4-5-15(23)22-8-6-13(7-9-22)11(2)19;/h11,13H,4-9,19H2,1-3H3,(H,20,21,24);1H. The third kappa shape index (κ3) is 4.27. The van der Waals surface area contributed by atoms with E-state index in [-0.39, 0.29) is 29.9 Å². The highest BCUT2D eigenvalue weighted by molar-refractivity contribution is 7.18. The summed E-state index contributed by atoms with van der Waals surface area (Å²) < 4.78 is 0. The van der Waals surface area contributed by atoms with Crippen LogP contribution in [0.1, 0.15) is 42.5 Å². The van der Waals surface area contributed by atoms with Crippen LogP contribution in [0.4, 0.5) is 0 Å². The third-order valence-electron chi connectivity index (χ3n) is 5.30. The summed E-state index contributed by atoms with van der Waals surface area (Å²) in [6.45, 7) is 7.53. The number of thiophene rings is 1. The number of carbonyl (C=O) groups excluding carboxylic acids is 1. The second kappa shape index (κ2) is 8.50. The Morgan fingerprint density at radius 2 is 2.04 bits per heavy atom. The lowest BCUT2D eigenvalue weighted by atomic mass is 9.91. The Balaban J connectivity index is 0.00000243. The van der Waals surface area contributed by atoms with E-state index in [1.165, 1.54) is 11.3 Å². The van der Waals surface area contributed by atoms with Gasteiger partial charge in [-0.05, 0) is 45.1 Å². The predicted molar refractivity (Wildman–Crippen MR) is 108 cm³/mol. The number of aryl methyl sites for hydroxylation is 3. The normalized spacial score (nSPS) is 16.5. The highest BCUT2D eigenvalue weighted by atomic mass is 35.5. The van der Waals surface area contributed by atoms with E-state index in [1.54, 1.807) is 0 Å². The van der Waals surface area contributed by atoms with E-state index in [9.17, 15) is 9.59 Å². The first-order chi connectivity index (χ1) is 11.9. The maximum atomic E-state index is 12.4. The van der Waals surface area contributed by atoms with Gasteiger partial charge in [-0.1, -0.05) is 0 Å². The smallest absolute Gasteiger partial charge is 0.259 e. The van der Waals surface area contributed by atoms with E-state index in [4.69, 9.17) is 5.73 Å². The van der Waals surface area contributed by atoms with Gasteiger partial charge >= 0.3 is 0 Å². The minimum atomic E-state index is -0.105. The summed E-state index contributed by atoms with van der Waals surface area (Å²) in [6.07, 6.45) is 2.78. The average Bonchev–Trinajstić information content (AvgIpc) is 2.87. The number of likely N-dealkylation sites (tertiary alicyclic amines) is 1. The Labute approximate surface area is 163 Å². The lowest BCUT2D eigenvalue weighted by Crippen LogP contribution is -2.42. The highest BCUT2D eigenvalue weighted by Gasteiger charge is 2.24. The van der Waals surface area contributed by atoms with Crippen LogP contribution in [0, 0.1) is 19.8 Å². The predicted octanol–water partition coefficient (Wildman–Crippen LogP) is 2.54. The van der Waals surface area contributed by atoms with E-state index in [2.05, 4.69) is 9.97 Å². The first kappa shape index (κ1) is 20.9. The van der Waals surface area contributed by atoms with Crippen LogP contribution in [0.25, 0.3) is 10.2 Å². The molecule has 1 fully saturated rings. The minimum absolute atomic E-state index is 0. The molecule has 3 rings (SSSR count). The van der Waals surface area contributed by atoms with Gasteiger partial charge in [-0.2, -0.15) is 0 Å². The molecule has 1 amide bonds. The van der Waals surface area contributed by atoms with E-state index < -0.39 is 0 Å². The van der Waals surface area contributed by atoms with Gasteiger partial charge in [0, 0.05) is 36.9 Å². The lowest BCUT2D eigenvalue weighted by molar-refractivity contribution is -0.132. The van der Waals surface area contributed by atoms with Crippen molar-refractivity contribution < 1.29 is 4.79 Å². The van der Waals surface area contributed by atoms with E-state index in [0.717, 1.165) is 41.2 Å². The van der Waals surface area contributed by atoms with Crippen LogP contribution in [-0.2, 0) is 11.2 Å². The second-order valence-corrected chi connectivity index (χ2v) is 8.26. The van der Waals surface area contributed by atoms with E-state index in [1.807, 2.05) is 25.7 Å². The number of nitrogens with two attached hydrogens (primary N) is 1. The topological polar surface area (TPSA) is 92.1 Å². The molecule has 3 heterocycles. The molecule has 0 radical (unpaired) electrons. The number of fused-ring (bicyclic) bond motifs is 1. The zero-order chi connectivity index (χ0) is 18.1. The van der Waals surface area contributed by atoms with Crippen LogP contribution < -0.4 is 11.3 Å². The zero-order valence-corrected chi connectivity index (χ0v) is 17.1. The SMILES string of the molecule is Cc1sc2nc(CCC(=O)N3CCC(C(C)N)CC3)[nH]c(=O)c2c1C.Cl. The summed E-state index contributed by atoms with van der Waals surface area (Å²) in [4.78, 5) is 35.9. The van der Waals surface area contributed by atoms with Gasteiger partial charge < -0.3 is 15.6 Å². The van der Waals surface area contributed by atoms with Crippen molar-refractivity contribution in [3.05, 3.63) is 26.6 Å². The molecular weight excluding hydrogens is 372 g/mol. The first-order valence-corrected chi connectivity index (χ1v) is 9.70. The van der Waals surface area contributed by atoms with E-state index in [0.29, 0.717) is 30.0 Å². The molecule has 0 aromatic carbocycles. The lowest BCUT2D eigenvalue weighted by Gasteiger charge is -2.33. The molecule has 0 saturated carbocycles. The van der Waals surface area contributed by atoms with Crippen LogP contribution in [-0.4, -0.2) is 39.9 Å². The Morgan fingerprint density at radius 3 is 2.65 bits per heavy atom. The molecule has 1 aliphatic heterocycles. The maximum Gasteiger partial charge on any atom is 0.259 e. The number of hydrogen-bond acceptors (Lipinski definition) is 5. The number of amides is 1. The number of rotatable bonds is 4. The molecule has 0 bridgehead atoms. The van der Waals surface area contributed by atoms with Gasteiger partial charge in [0.25, 0.3) is 5.56 Å². The number of piperidine rings is 1. The number of hydrogen-bond donors (Lipinski definition) is 2. The summed E-state index contributed by atoms with van der Waals surface area (Å²) in [5.41, 5.74) is 6.84. The van der Waals surface area contributed by atoms with Gasteiger partial charge in [0.2, 0.25) is 5.91 Å². The van der Waals surface area contributed by atoms with Crippen LogP contribution in [0.3, 0.4) is 0 Å². The molecule has 1 saturated heterocycles. The van der Waals surface area contributed by atoms with Crippen LogP contribution >= 0.6 is 23.7 Å². The monoisotopic (exact) mass is 398 g/mol. The van der Waals surface area contributed by atoms with Crippen LogP contribution in [0.2, 0.25) is 0 Å². The first-order valence-electron chi connectivity index (χ1n) is 8.89. The molecule has 3 N–H and O–H groups in total. The van der Waals surface area contributed by atoms with Gasteiger partial charge in [0.1, 0.15) is 10.7 Å². The third-order valence-corrected chi connectivity index (χ3v) is 6.40. The second-order valence-electron chi connectivity index (χ2n) is 7.05. The van der Waals surface area contributed by atoms with Gasteiger partial charge in [-0.15, -0.1) is 23.7 Å². The van der Waals surface area contributed by atoms with Crippen molar-refractivity contribution in [1.82, 2.24) is 14.9 Å². The van der Waals surface area contributed by atoms with Crippen molar-refractivity contribution in [3.63, 3.8) is 0 Å². The van der Waals surface area contributed by atoms with Gasteiger partial charge in [0.15, 0.2) is 0 Å². The molecule has 1 atom stereocenters. The molecule has 0 spiro atoms. The summed E-state index contributed by atoms with van der Waals surface area (Å²) >= 11 is 1.53. The number of aromatic nitrogens is 2. The Morgan fingerprint density at radius 1 is 1.38 bits per heavy atom. The number of carbonyl (C=O) groups is 1. The molecule has 26 heavy (non-hydrogen) atoms. The van der Waals surface area contributed by atoms with Gasteiger partial charge in [-0.3, -0.25) is 9.59 Å². The molecule has 0 aliphatic carbocycles. The maximum absolute atomic E-state index is 12.4. The van der Waals surface area contributed by atoms with Gasteiger partial charge in [-0.25, -0.2) is 4.98 Å². The number of aromatic amines is 1. The zero-order valence-electron chi connectivity index (χ0n) is 15.5.